The number of ether oxygens (including phenoxy) is 1. The van der Waals surface area contributed by atoms with Crippen LogP contribution in [0.2, 0.25) is 0 Å². The van der Waals surface area contributed by atoms with Crippen LogP contribution < -0.4 is 4.74 Å². The summed E-state index contributed by atoms with van der Waals surface area (Å²) in [5, 5.41) is 9.27. The summed E-state index contributed by atoms with van der Waals surface area (Å²) in [5.41, 5.74) is 1.27. The molecule has 1 heterocycles. The van der Waals surface area contributed by atoms with Crippen LogP contribution in [0.1, 0.15) is 38.2 Å². The fraction of sp³-hybridized carbons (Fsp3) is 0.500. The molecule has 0 radical (unpaired) electrons. The third-order valence-electron chi connectivity index (χ3n) is 4.57. The molecule has 0 fully saturated rings. The van der Waals surface area contributed by atoms with E-state index in [0.29, 0.717) is 29.1 Å². The maximum absolute atomic E-state index is 13.1. The number of nitrogens with zero attached hydrogens (tertiary/aromatic N) is 2. The van der Waals surface area contributed by atoms with Crippen molar-refractivity contribution < 1.29 is 19.4 Å². The van der Waals surface area contributed by atoms with Gasteiger partial charge in [0.15, 0.2) is 0 Å². The van der Waals surface area contributed by atoms with Gasteiger partial charge in [0.25, 0.3) is 11.8 Å². The number of benzene rings is 1. The first-order chi connectivity index (χ1) is 12.6. The van der Waals surface area contributed by atoms with Gasteiger partial charge in [-0.2, -0.15) is 0 Å². The van der Waals surface area contributed by atoms with Crippen molar-refractivity contribution in [2.75, 3.05) is 33.9 Å². The summed E-state index contributed by atoms with van der Waals surface area (Å²) >= 11 is 0. The molecule has 26 heavy (non-hydrogen) atoms. The van der Waals surface area contributed by atoms with Crippen molar-refractivity contribution in [3.63, 3.8) is 0 Å². The van der Waals surface area contributed by atoms with Gasteiger partial charge in [0.05, 0.1) is 19.3 Å². The van der Waals surface area contributed by atoms with Gasteiger partial charge in [-0.05, 0) is 12.5 Å². The minimum Gasteiger partial charge on any atom is -0.496 e. The number of carbonyl (C=O) groups is 2. The number of likely N-dealkylation sites (N-methyl/N-ethyl adjacent to an activating group) is 1. The van der Waals surface area contributed by atoms with E-state index >= 15 is 0 Å². The van der Waals surface area contributed by atoms with Crippen LogP contribution in [0.4, 0.5) is 0 Å². The maximum Gasteiger partial charge on any atom is 0.277 e. The number of hydrogen-bond acceptors (Lipinski definition) is 5. The summed E-state index contributed by atoms with van der Waals surface area (Å²) in [5.74, 6) is -0.0504. The first-order valence-electron chi connectivity index (χ1n) is 9.12. The number of aliphatic hydroxyl groups excluding tert-OH is 1. The predicted octanol–water partition coefficient (Wildman–Crippen LogP) is 2.28. The average Bonchev–Trinajstić information content (AvgIpc) is 2.89. The monoisotopic (exact) mass is 360 g/mol. The Morgan fingerprint density at radius 1 is 1.12 bits per heavy atom. The number of aliphatic hydroxyl groups is 1. The maximum atomic E-state index is 13.1. The highest BCUT2D eigenvalue weighted by molar-refractivity contribution is 6.36. The van der Waals surface area contributed by atoms with Crippen molar-refractivity contribution in [2.24, 2.45) is 0 Å². The van der Waals surface area contributed by atoms with Gasteiger partial charge in [0, 0.05) is 25.7 Å². The minimum atomic E-state index is -0.302. The second kappa shape index (κ2) is 9.38. The number of unbranched alkanes of at least 4 members (excludes halogenated alkanes) is 3. The first-order valence-corrected chi connectivity index (χ1v) is 9.12. The molecule has 1 N–H and O–H groups in total. The highest BCUT2D eigenvalue weighted by atomic mass is 16.5. The van der Waals surface area contributed by atoms with E-state index in [1.54, 1.807) is 31.2 Å². The zero-order chi connectivity index (χ0) is 19.1. The molecule has 142 valence electrons. The molecule has 0 saturated heterocycles. The molecule has 0 atom stereocenters. The summed E-state index contributed by atoms with van der Waals surface area (Å²) < 4.78 is 5.39. The standard InChI is InChI=1S/C20H28N2O4/c1-4-5-6-9-12-22-19(24)17(15-10-7-8-11-16(15)26-3)18(20(22)25)21(2)13-14-23/h7-8,10-11,23H,4-6,9,12-14H2,1-3H3. The molecule has 1 aliphatic rings. The molecule has 1 aromatic carbocycles. The van der Waals surface area contributed by atoms with E-state index in [1.807, 2.05) is 12.1 Å². The van der Waals surface area contributed by atoms with Crippen molar-refractivity contribution in [3.8, 4) is 5.75 Å². The Balaban J connectivity index is 2.40. The number of methoxy groups -OCH3 is 1. The Labute approximate surface area is 155 Å². The molecule has 0 saturated carbocycles. The number of rotatable bonds is 10. The van der Waals surface area contributed by atoms with Crippen molar-refractivity contribution in [1.29, 1.82) is 0 Å². The Bertz CT molecular complexity index is 684. The van der Waals surface area contributed by atoms with Gasteiger partial charge in [0.2, 0.25) is 0 Å². The van der Waals surface area contributed by atoms with Gasteiger partial charge in [-0.25, -0.2) is 0 Å². The Kier molecular flexibility index (Phi) is 7.21. The summed E-state index contributed by atoms with van der Waals surface area (Å²) in [6.45, 7) is 2.70. The van der Waals surface area contributed by atoms with Crippen molar-refractivity contribution in [3.05, 3.63) is 35.5 Å². The first kappa shape index (κ1) is 20.0. The normalized spacial score (nSPS) is 14.4. The van der Waals surface area contributed by atoms with E-state index in [4.69, 9.17) is 4.74 Å². The second-order valence-corrected chi connectivity index (χ2v) is 6.39. The van der Waals surface area contributed by atoms with Crippen LogP contribution in [-0.2, 0) is 9.59 Å². The van der Waals surface area contributed by atoms with Crippen LogP contribution in [0.5, 0.6) is 5.75 Å². The van der Waals surface area contributed by atoms with Crippen LogP contribution >= 0.6 is 0 Å². The number of hydrogen-bond donors (Lipinski definition) is 1. The van der Waals surface area contributed by atoms with Crippen LogP contribution in [-0.4, -0.2) is 60.6 Å². The predicted molar refractivity (Wildman–Crippen MR) is 100 cm³/mol. The highest BCUT2D eigenvalue weighted by Crippen LogP contribution is 2.35. The Morgan fingerprint density at radius 3 is 2.50 bits per heavy atom. The van der Waals surface area contributed by atoms with Crippen LogP contribution in [0.3, 0.4) is 0 Å². The SMILES string of the molecule is CCCCCCN1C(=O)C(c2ccccc2OC)=C(N(C)CCO)C1=O. The third kappa shape index (κ3) is 4.07. The molecular weight excluding hydrogens is 332 g/mol. The van der Waals surface area contributed by atoms with Gasteiger partial charge in [0.1, 0.15) is 11.4 Å². The lowest BCUT2D eigenvalue weighted by atomic mass is 10.0. The second-order valence-electron chi connectivity index (χ2n) is 6.39. The molecule has 0 spiro atoms. The lowest BCUT2D eigenvalue weighted by Crippen LogP contribution is -2.35. The number of amides is 2. The van der Waals surface area contributed by atoms with E-state index in [-0.39, 0.29) is 25.0 Å². The van der Waals surface area contributed by atoms with Crippen molar-refractivity contribution >= 4 is 17.4 Å². The Morgan fingerprint density at radius 2 is 1.85 bits per heavy atom. The molecule has 0 aliphatic carbocycles. The third-order valence-corrected chi connectivity index (χ3v) is 4.57. The fourth-order valence-corrected chi connectivity index (χ4v) is 3.17. The van der Waals surface area contributed by atoms with E-state index in [1.165, 1.54) is 4.90 Å². The summed E-state index contributed by atoms with van der Waals surface area (Å²) in [4.78, 5) is 29.0. The molecule has 1 aliphatic heterocycles. The van der Waals surface area contributed by atoms with Crippen molar-refractivity contribution in [2.45, 2.75) is 32.6 Å². The van der Waals surface area contributed by atoms with Crippen LogP contribution in [0.25, 0.3) is 5.57 Å². The molecule has 0 bridgehead atoms. The largest absolute Gasteiger partial charge is 0.496 e. The smallest absolute Gasteiger partial charge is 0.277 e. The van der Waals surface area contributed by atoms with E-state index in [2.05, 4.69) is 6.92 Å². The van der Waals surface area contributed by atoms with E-state index in [9.17, 15) is 14.7 Å². The number of para-hydroxylation sites is 1. The topological polar surface area (TPSA) is 70.1 Å². The number of carbonyl (C=O) groups excluding carboxylic acids is 2. The summed E-state index contributed by atoms with van der Waals surface area (Å²) in [7, 11) is 3.26. The van der Waals surface area contributed by atoms with Gasteiger partial charge < -0.3 is 14.7 Å². The summed E-state index contributed by atoms with van der Waals surface area (Å²) in [6, 6.07) is 7.19. The molecule has 2 rings (SSSR count). The van der Waals surface area contributed by atoms with Gasteiger partial charge in [-0.15, -0.1) is 0 Å². The Hall–Kier alpha value is -2.34. The molecule has 6 nitrogen and oxygen atoms in total. The lowest BCUT2D eigenvalue weighted by Gasteiger charge is -2.20. The lowest BCUT2D eigenvalue weighted by molar-refractivity contribution is -0.137. The zero-order valence-corrected chi connectivity index (χ0v) is 15.8. The van der Waals surface area contributed by atoms with Gasteiger partial charge >= 0.3 is 0 Å². The molecule has 0 aromatic heterocycles. The highest BCUT2D eigenvalue weighted by Gasteiger charge is 2.41. The van der Waals surface area contributed by atoms with Crippen LogP contribution in [0, 0.1) is 0 Å². The van der Waals surface area contributed by atoms with E-state index < -0.39 is 0 Å². The molecule has 0 unspecified atom stereocenters. The molecule has 2 amide bonds. The number of imide groups is 1. The minimum absolute atomic E-state index is 0.100. The molecule has 6 heteroatoms. The van der Waals surface area contributed by atoms with Crippen LogP contribution in [0.15, 0.2) is 30.0 Å². The fourth-order valence-electron chi connectivity index (χ4n) is 3.17. The summed E-state index contributed by atoms with van der Waals surface area (Å²) in [6.07, 6.45) is 3.96. The quantitative estimate of drug-likeness (QED) is 0.512. The molecular formula is C20H28N2O4. The average molecular weight is 360 g/mol. The molecule has 1 aromatic rings. The zero-order valence-electron chi connectivity index (χ0n) is 15.8. The van der Waals surface area contributed by atoms with Gasteiger partial charge in [-0.1, -0.05) is 44.4 Å². The van der Waals surface area contributed by atoms with Crippen molar-refractivity contribution in [1.82, 2.24) is 9.80 Å². The van der Waals surface area contributed by atoms with E-state index in [0.717, 1.165) is 25.7 Å². The van der Waals surface area contributed by atoms with Gasteiger partial charge in [-0.3, -0.25) is 14.5 Å².